The lowest BCUT2D eigenvalue weighted by atomic mass is 10.2. The van der Waals surface area contributed by atoms with Crippen molar-refractivity contribution in [1.82, 2.24) is 0 Å². The normalized spacial score (nSPS) is 20.9. The van der Waals surface area contributed by atoms with Gasteiger partial charge in [0.2, 0.25) is 10.0 Å². The summed E-state index contributed by atoms with van der Waals surface area (Å²) in [4.78, 5) is 0.127. The van der Waals surface area contributed by atoms with Crippen molar-refractivity contribution in [1.29, 1.82) is 0 Å². The minimum Gasteiger partial charge on any atom is -0.379 e. The van der Waals surface area contributed by atoms with Crippen LogP contribution in [0.1, 0.15) is 6.42 Å². The van der Waals surface area contributed by atoms with Crippen LogP contribution in [0.25, 0.3) is 0 Å². The predicted molar refractivity (Wildman–Crippen MR) is 60.7 cm³/mol. The molecule has 1 aromatic rings. The summed E-state index contributed by atoms with van der Waals surface area (Å²) < 4.78 is 27.9. The maximum absolute atomic E-state index is 11.3. The summed E-state index contributed by atoms with van der Waals surface area (Å²) in [6.07, 6.45) is 0.874. The molecule has 88 valence electrons. The van der Waals surface area contributed by atoms with Gasteiger partial charge in [-0.15, -0.1) is 0 Å². The molecule has 0 saturated carbocycles. The molecule has 6 heteroatoms. The SMILES string of the molecule is NS(=O)(=O)c1ccccc1NC1CCOC1. The van der Waals surface area contributed by atoms with Crippen LogP contribution in [-0.4, -0.2) is 27.7 Å². The summed E-state index contributed by atoms with van der Waals surface area (Å²) in [7, 11) is -3.68. The first-order valence-electron chi connectivity index (χ1n) is 5.03. The Morgan fingerprint density at radius 1 is 1.38 bits per heavy atom. The number of benzene rings is 1. The molecule has 5 nitrogen and oxygen atoms in total. The average Bonchev–Trinajstić information content (AvgIpc) is 2.70. The number of ether oxygens (including phenoxy) is 1. The van der Waals surface area contributed by atoms with Gasteiger partial charge in [0.15, 0.2) is 0 Å². The monoisotopic (exact) mass is 242 g/mol. The van der Waals surface area contributed by atoms with E-state index in [4.69, 9.17) is 9.88 Å². The number of anilines is 1. The molecule has 1 aliphatic heterocycles. The van der Waals surface area contributed by atoms with Crippen LogP contribution in [0.15, 0.2) is 29.2 Å². The molecule has 1 fully saturated rings. The number of hydrogen-bond acceptors (Lipinski definition) is 4. The molecule has 2 rings (SSSR count). The summed E-state index contributed by atoms with van der Waals surface area (Å²) in [6.45, 7) is 1.30. The fraction of sp³-hybridized carbons (Fsp3) is 0.400. The summed E-state index contributed by atoms with van der Waals surface area (Å²) in [6, 6.07) is 6.77. The van der Waals surface area contributed by atoms with E-state index in [0.29, 0.717) is 18.9 Å². The van der Waals surface area contributed by atoms with Crippen LogP contribution >= 0.6 is 0 Å². The zero-order valence-electron chi connectivity index (χ0n) is 8.72. The van der Waals surface area contributed by atoms with E-state index in [9.17, 15) is 8.42 Å². The fourth-order valence-corrected chi connectivity index (χ4v) is 2.40. The highest BCUT2D eigenvalue weighted by molar-refractivity contribution is 7.89. The van der Waals surface area contributed by atoms with Gasteiger partial charge >= 0.3 is 0 Å². The van der Waals surface area contributed by atoms with E-state index in [-0.39, 0.29) is 10.9 Å². The minimum atomic E-state index is -3.68. The van der Waals surface area contributed by atoms with Crippen LogP contribution in [-0.2, 0) is 14.8 Å². The van der Waals surface area contributed by atoms with Crippen LogP contribution in [0.4, 0.5) is 5.69 Å². The van der Waals surface area contributed by atoms with E-state index in [1.807, 2.05) is 0 Å². The van der Waals surface area contributed by atoms with Crippen molar-refractivity contribution in [2.75, 3.05) is 18.5 Å². The molecule has 1 saturated heterocycles. The van der Waals surface area contributed by atoms with Crippen molar-refractivity contribution in [3.63, 3.8) is 0 Å². The number of primary sulfonamides is 1. The second-order valence-electron chi connectivity index (χ2n) is 3.75. The maximum atomic E-state index is 11.3. The van der Waals surface area contributed by atoms with Gasteiger partial charge in [-0.1, -0.05) is 12.1 Å². The predicted octanol–water partition coefficient (Wildman–Crippen LogP) is 0.535. The third-order valence-electron chi connectivity index (χ3n) is 2.48. The Morgan fingerprint density at radius 3 is 2.75 bits per heavy atom. The molecule has 16 heavy (non-hydrogen) atoms. The van der Waals surface area contributed by atoms with Gasteiger partial charge in [-0.05, 0) is 18.6 Å². The first kappa shape index (κ1) is 11.4. The highest BCUT2D eigenvalue weighted by Crippen LogP contribution is 2.21. The summed E-state index contributed by atoms with van der Waals surface area (Å²) in [5, 5.41) is 8.26. The smallest absolute Gasteiger partial charge is 0.240 e. The molecule has 3 N–H and O–H groups in total. The molecule has 1 unspecified atom stereocenters. The molecule has 0 radical (unpaired) electrons. The second kappa shape index (κ2) is 4.40. The minimum absolute atomic E-state index is 0.127. The van der Waals surface area contributed by atoms with Gasteiger partial charge in [0, 0.05) is 6.61 Å². The maximum Gasteiger partial charge on any atom is 0.240 e. The van der Waals surface area contributed by atoms with Crippen molar-refractivity contribution >= 4 is 15.7 Å². The highest BCUT2D eigenvalue weighted by Gasteiger charge is 2.19. The fourth-order valence-electron chi connectivity index (χ4n) is 1.70. The molecule has 0 aromatic heterocycles. The number of nitrogens with two attached hydrogens (primary N) is 1. The van der Waals surface area contributed by atoms with Gasteiger partial charge in [0.1, 0.15) is 4.90 Å². The van der Waals surface area contributed by atoms with Crippen molar-refractivity contribution in [3.8, 4) is 0 Å². The Kier molecular flexibility index (Phi) is 3.13. The number of hydrogen-bond donors (Lipinski definition) is 2. The lowest BCUT2D eigenvalue weighted by molar-refractivity contribution is 0.195. The zero-order valence-corrected chi connectivity index (χ0v) is 9.53. The van der Waals surface area contributed by atoms with Crippen LogP contribution < -0.4 is 10.5 Å². The Hall–Kier alpha value is -1.11. The molecule has 0 bridgehead atoms. The van der Waals surface area contributed by atoms with Gasteiger partial charge in [-0.2, -0.15) is 0 Å². The number of sulfonamides is 1. The van der Waals surface area contributed by atoms with E-state index < -0.39 is 10.0 Å². The zero-order chi connectivity index (χ0) is 11.6. The summed E-state index contributed by atoms with van der Waals surface area (Å²) in [5.74, 6) is 0. The quantitative estimate of drug-likeness (QED) is 0.810. The number of nitrogens with one attached hydrogen (secondary N) is 1. The molecule has 0 aliphatic carbocycles. The number of rotatable bonds is 3. The largest absolute Gasteiger partial charge is 0.379 e. The molecule has 1 aliphatic rings. The van der Waals surface area contributed by atoms with E-state index in [0.717, 1.165) is 6.42 Å². The lowest BCUT2D eigenvalue weighted by Gasteiger charge is -2.14. The standard InChI is InChI=1S/C10H14N2O3S/c11-16(13,14)10-4-2-1-3-9(10)12-8-5-6-15-7-8/h1-4,8,12H,5-7H2,(H2,11,13,14). The number of para-hydroxylation sites is 1. The Morgan fingerprint density at radius 2 is 2.12 bits per heavy atom. The van der Waals surface area contributed by atoms with E-state index in [2.05, 4.69) is 5.32 Å². The van der Waals surface area contributed by atoms with Crippen molar-refractivity contribution in [3.05, 3.63) is 24.3 Å². The highest BCUT2D eigenvalue weighted by atomic mass is 32.2. The van der Waals surface area contributed by atoms with Gasteiger partial charge in [-0.3, -0.25) is 0 Å². The molecule has 1 atom stereocenters. The topological polar surface area (TPSA) is 81.4 Å². The van der Waals surface area contributed by atoms with E-state index >= 15 is 0 Å². The lowest BCUT2D eigenvalue weighted by Crippen LogP contribution is -2.22. The van der Waals surface area contributed by atoms with Gasteiger partial charge < -0.3 is 10.1 Å². The van der Waals surface area contributed by atoms with Gasteiger partial charge in [0.25, 0.3) is 0 Å². The first-order valence-corrected chi connectivity index (χ1v) is 6.58. The second-order valence-corrected chi connectivity index (χ2v) is 5.28. The molecular formula is C10H14N2O3S. The first-order chi connectivity index (χ1) is 7.57. The van der Waals surface area contributed by atoms with Crippen molar-refractivity contribution in [2.45, 2.75) is 17.4 Å². The average molecular weight is 242 g/mol. The van der Waals surface area contributed by atoms with E-state index in [1.165, 1.54) is 6.07 Å². The summed E-state index contributed by atoms with van der Waals surface area (Å²) in [5.41, 5.74) is 0.542. The molecule has 1 aromatic carbocycles. The van der Waals surface area contributed by atoms with Crippen molar-refractivity contribution < 1.29 is 13.2 Å². The van der Waals surface area contributed by atoms with E-state index in [1.54, 1.807) is 18.2 Å². The van der Waals surface area contributed by atoms with Crippen LogP contribution in [0, 0.1) is 0 Å². The van der Waals surface area contributed by atoms with Crippen molar-refractivity contribution in [2.24, 2.45) is 5.14 Å². The summed E-state index contributed by atoms with van der Waals surface area (Å²) >= 11 is 0. The van der Waals surface area contributed by atoms with Crippen LogP contribution in [0.5, 0.6) is 0 Å². The molecular weight excluding hydrogens is 228 g/mol. The molecule has 1 heterocycles. The third-order valence-corrected chi connectivity index (χ3v) is 3.45. The third kappa shape index (κ3) is 2.52. The Bertz CT molecular complexity index is 467. The van der Waals surface area contributed by atoms with Crippen LogP contribution in [0.2, 0.25) is 0 Å². The Labute approximate surface area is 94.6 Å². The molecule has 0 amide bonds. The van der Waals surface area contributed by atoms with Gasteiger partial charge in [0.05, 0.1) is 18.3 Å². The van der Waals surface area contributed by atoms with Crippen LogP contribution in [0.3, 0.4) is 0 Å². The Balaban J connectivity index is 2.26. The molecule has 0 spiro atoms. The van der Waals surface area contributed by atoms with Gasteiger partial charge in [-0.25, -0.2) is 13.6 Å².